The number of nitrogens with zero attached hydrogens (tertiary/aromatic N) is 2. The van der Waals surface area contributed by atoms with Gasteiger partial charge in [0.05, 0.1) is 6.04 Å². The van der Waals surface area contributed by atoms with E-state index < -0.39 is 0 Å². The lowest BCUT2D eigenvalue weighted by atomic mass is 10.0. The number of rotatable bonds is 4. The minimum atomic E-state index is -0.379. The zero-order valence-corrected chi connectivity index (χ0v) is 12.2. The SMILES string of the molecule is CC(C)C(N)C(=O)N1CCC(Nc2ccccn2)CC1. The Labute approximate surface area is 120 Å². The summed E-state index contributed by atoms with van der Waals surface area (Å²) in [6.45, 7) is 5.50. The largest absolute Gasteiger partial charge is 0.367 e. The van der Waals surface area contributed by atoms with Crippen molar-refractivity contribution in [2.24, 2.45) is 11.7 Å². The van der Waals surface area contributed by atoms with Gasteiger partial charge in [0.2, 0.25) is 5.91 Å². The molecule has 0 aliphatic carbocycles. The van der Waals surface area contributed by atoms with Gasteiger partial charge in [0.1, 0.15) is 5.82 Å². The first kappa shape index (κ1) is 14.8. The number of nitrogens with two attached hydrogens (primary N) is 1. The predicted octanol–water partition coefficient (Wildman–Crippen LogP) is 1.47. The van der Waals surface area contributed by atoms with Crippen LogP contribution in [0.5, 0.6) is 0 Å². The van der Waals surface area contributed by atoms with Gasteiger partial charge in [0, 0.05) is 25.3 Å². The predicted molar refractivity (Wildman–Crippen MR) is 80.3 cm³/mol. The molecule has 1 unspecified atom stereocenters. The van der Waals surface area contributed by atoms with Crippen LogP contribution >= 0.6 is 0 Å². The van der Waals surface area contributed by atoms with Crippen molar-refractivity contribution < 1.29 is 4.79 Å². The van der Waals surface area contributed by atoms with Crippen molar-refractivity contribution in [1.82, 2.24) is 9.88 Å². The molecule has 20 heavy (non-hydrogen) atoms. The average molecular weight is 276 g/mol. The van der Waals surface area contributed by atoms with Crippen LogP contribution < -0.4 is 11.1 Å². The number of pyridine rings is 1. The van der Waals surface area contributed by atoms with Crippen molar-refractivity contribution in [3.63, 3.8) is 0 Å². The zero-order chi connectivity index (χ0) is 14.5. The second-order valence-corrected chi connectivity index (χ2v) is 5.73. The molecule has 5 heteroatoms. The second-order valence-electron chi connectivity index (χ2n) is 5.73. The number of anilines is 1. The molecule has 1 aromatic heterocycles. The maximum absolute atomic E-state index is 12.2. The summed E-state index contributed by atoms with van der Waals surface area (Å²) in [6.07, 6.45) is 3.66. The summed E-state index contributed by atoms with van der Waals surface area (Å²) >= 11 is 0. The Hall–Kier alpha value is -1.62. The molecule has 0 spiro atoms. The Morgan fingerprint density at radius 1 is 1.40 bits per heavy atom. The lowest BCUT2D eigenvalue weighted by molar-refractivity contribution is -0.134. The Bertz CT molecular complexity index is 427. The molecule has 5 nitrogen and oxygen atoms in total. The molecular weight excluding hydrogens is 252 g/mol. The van der Waals surface area contributed by atoms with E-state index in [2.05, 4.69) is 10.3 Å². The lowest BCUT2D eigenvalue weighted by Gasteiger charge is -2.34. The fourth-order valence-electron chi connectivity index (χ4n) is 2.40. The summed E-state index contributed by atoms with van der Waals surface area (Å²) in [5.41, 5.74) is 5.93. The van der Waals surface area contributed by atoms with Gasteiger partial charge < -0.3 is 16.0 Å². The summed E-state index contributed by atoms with van der Waals surface area (Å²) < 4.78 is 0. The molecule has 0 radical (unpaired) electrons. The smallest absolute Gasteiger partial charge is 0.239 e. The summed E-state index contributed by atoms with van der Waals surface area (Å²) in [4.78, 5) is 18.3. The summed E-state index contributed by atoms with van der Waals surface area (Å²) in [5, 5.41) is 3.41. The minimum absolute atomic E-state index is 0.0799. The zero-order valence-electron chi connectivity index (χ0n) is 12.2. The number of hydrogen-bond acceptors (Lipinski definition) is 4. The normalized spacial score (nSPS) is 18.1. The maximum Gasteiger partial charge on any atom is 0.239 e. The van der Waals surface area contributed by atoms with Crippen LogP contribution in [-0.4, -0.2) is 41.0 Å². The van der Waals surface area contributed by atoms with Gasteiger partial charge in [-0.3, -0.25) is 4.79 Å². The number of hydrogen-bond donors (Lipinski definition) is 2. The third-order valence-electron chi connectivity index (χ3n) is 3.83. The van der Waals surface area contributed by atoms with E-state index >= 15 is 0 Å². The molecule has 3 N–H and O–H groups in total. The van der Waals surface area contributed by atoms with E-state index in [9.17, 15) is 4.79 Å². The van der Waals surface area contributed by atoms with E-state index in [1.165, 1.54) is 0 Å². The molecule has 0 saturated carbocycles. The van der Waals surface area contributed by atoms with Crippen LogP contribution in [0.1, 0.15) is 26.7 Å². The highest BCUT2D eigenvalue weighted by molar-refractivity contribution is 5.82. The highest BCUT2D eigenvalue weighted by Crippen LogP contribution is 2.16. The highest BCUT2D eigenvalue weighted by Gasteiger charge is 2.27. The van der Waals surface area contributed by atoms with Crippen molar-refractivity contribution in [2.45, 2.75) is 38.8 Å². The van der Waals surface area contributed by atoms with Crippen LogP contribution in [0.25, 0.3) is 0 Å². The van der Waals surface area contributed by atoms with E-state index in [0.717, 1.165) is 31.7 Å². The molecule has 0 aromatic carbocycles. The third kappa shape index (κ3) is 3.70. The van der Waals surface area contributed by atoms with E-state index in [0.29, 0.717) is 6.04 Å². The van der Waals surface area contributed by atoms with Gasteiger partial charge in [-0.25, -0.2) is 4.98 Å². The second kappa shape index (κ2) is 6.70. The first-order chi connectivity index (χ1) is 9.58. The van der Waals surface area contributed by atoms with Crippen molar-refractivity contribution in [1.29, 1.82) is 0 Å². The van der Waals surface area contributed by atoms with Gasteiger partial charge in [0.15, 0.2) is 0 Å². The van der Waals surface area contributed by atoms with Crippen molar-refractivity contribution in [3.05, 3.63) is 24.4 Å². The Balaban J connectivity index is 1.82. The molecule has 1 atom stereocenters. The molecule has 110 valence electrons. The van der Waals surface area contributed by atoms with E-state index in [4.69, 9.17) is 5.73 Å². The minimum Gasteiger partial charge on any atom is -0.367 e. The summed E-state index contributed by atoms with van der Waals surface area (Å²) in [5.74, 6) is 1.17. The number of amides is 1. The molecule has 1 aliphatic rings. The summed E-state index contributed by atoms with van der Waals surface area (Å²) in [7, 11) is 0. The molecular formula is C15H24N4O. The first-order valence-corrected chi connectivity index (χ1v) is 7.30. The molecule has 2 rings (SSSR count). The monoisotopic (exact) mass is 276 g/mol. The van der Waals surface area contributed by atoms with Crippen LogP contribution in [0.2, 0.25) is 0 Å². The number of likely N-dealkylation sites (tertiary alicyclic amines) is 1. The Kier molecular flexibility index (Phi) is 4.95. The fourth-order valence-corrected chi connectivity index (χ4v) is 2.40. The van der Waals surface area contributed by atoms with Gasteiger partial charge in [-0.05, 0) is 30.9 Å². The Morgan fingerprint density at radius 2 is 2.10 bits per heavy atom. The lowest BCUT2D eigenvalue weighted by Crippen LogP contribution is -2.50. The molecule has 1 amide bonds. The maximum atomic E-state index is 12.2. The van der Waals surface area contributed by atoms with Crippen molar-refractivity contribution in [3.8, 4) is 0 Å². The van der Waals surface area contributed by atoms with Gasteiger partial charge >= 0.3 is 0 Å². The van der Waals surface area contributed by atoms with Crippen LogP contribution in [0.15, 0.2) is 24.4 Å². The van der Waals surface area contributed by atoms with Gasteiger partial charge in [-0.1, -0.05) is 19.9 Å². The topological polar surface area (TPSA) is 71.2 Å². The number of nitrogens with one attached hydrogen (secondary N) is 1. The van der Waals surface area contributed by atoms with Crippen LogP contribution in [0.3, 0.4) is 0 Å². The molecule has 2 heterocycles. The number of piperidine rings is 1. The first-order valence-electron chi connectivity index (χ1n) is 7.30. The van der Waals surface area contributed by atoms with E-state index in [1.807, 2.05) is 36.9 Å². The molecule has 1 saturated heterocycles. The van der Waals surface area contributed by atoms with Crippen LogP contribution in [-0.2, 0) is 4.79 Å². The quantitative estimate of drug-likeness (QED) is 0.873. The number of aromatic nitrogens is 1. The van der Waals surface area contributed by atoms with Crippen molar-refractivity contribution in [2.75, 3.05) is 18.4 Å². The molecule has 1 aliphatic heterocycles. The van der Waals surface area contributed by atoms with E-state index in [1.54, 1.807) is 6.20 Å². The highest BCUT2D eigenvalue weighted by atomic mass is 16.2. The number of carbonyl (C=O) groups excluding carboxylic acids is 1. The van der Waals surface area contributed by atoms with Crippen LogP contribution in [0.4, 0.5) is 5.82 Å². The standard InChI is InChI=1S/C15H24N4O/c1-11(2)14(16)15(20)19-9-6-12(7-10-19)18-13-5-3-4-8-17-13/h3-5,8,11-12,14H,6-7,9-10,16H2,1-2H3,(H,17,18). The van der Waals surface area contributed by atoms with Gasteiger partial charge in [0.25, 0.3) is 0 Å². The molecule has 1 aromatic rings. The average Bonchev–Trinajstić information content (AvgIpc) is 2.47. The fraction of sp³-hybridized carbons (Fsp3) is 0.600. The Morgan fingerprint density at radius 3 is 2.65 bits per heavy atom. The summed E-state index contributed by atoms with van der Waals surface area (Å²) in [6, 6.07) is 5.83. The molecule has 0 bridgehead atoms. The van der Waals surface area contributed by atoms with E-state index in [-0.39, 0.29) is 17.9 Å². The van der Waals surface area contributed by atoms with Crippen molar-refractivity contribution >= 4 is 11.7 Å². The van der Waals surface area contributed by atoms with Gasteiger partial charge in [-0.15, -0.1) is 0 Å². The van der Waals surface area contributed by atoms with Gasteiger partial charge in [-0.2, -0.15) is 0 Å². The molecule has 1 fully saturated rings. The van der Waals surface area contributed by atoms with Crippen LogP contribution in [0, 0.1) is 5.92 Å². The third-order valence-corrected chi connectivity index (χ3v) is 3.83. The number of carbonyl (C=O) groups is 1.